The van der Waals surface area contributed by atoms with Gasteiger partial charge in [0.2, 0.25) is 5.91 Å². The van der Waals surface area contributed by atoms with Crippen molar-refractivity contribution in [1.82, 2.24) is 20.4 Å². The van der Waals surface area contributed by atoms with Gasteiger partial charge in [-0.15, -0.1) is 0 Å². The van der Waals surface area contributed by atoms with Gasteiger partial charge in [-0.2, -0.15) is 0 Å². The number of rotatable bonds is 7. The monoisotopic (exact) mass is 362 g/mol. The molecule has 1 heterocycles. The van der Waals surface area contributed by atoms with Crippen molar-refractivity contribution >= 4 is 17.8 Å². The van der Waals surface area contributed by atoms with Crippen LogP contribution in [0, 0.1) is 0 Å². The molecule has 1 saturated heterocycles. The molecule has 0 spiro atoms. The number of benzene rings is 1. The Hall–Kier alpha value is -2.61. The minimum atomic E-state index is -1.17. The van der Waals surface area contributed by atoms with Crippen LogP contribution in [0.5, 0.6) is 5.75 Å². The van der Waals surface area contributed by atoms with E-state index >= 15 is 0 Å². The fourth-order valence-electron chi connectivity index (χ4n) is 2.86. The molecule has 142 valence electrons. The van der Waals surface area contributed by atoms with Crippen molar-refractivity contribution in [2.45, 2.75) is 32.4 Å². The summed E-state index contributed by atoms with van der Waals surface area (Å²) in [4.78, 5) is 39.9. The smallest absolute Gasteiger partial charge is 0.326 e. The Morgan fingerprint density at radius 3 is 2.69 bits per heavy atom. The van der Waals surface area contributed by atoms with E-state index < -0.39 is 11.6 Å². The number of carbonyl (C=O) groups excluding carboxylic acids is 3. The summed E-state index contributed by atoms with van der Waals surface area (Å²) in [5, 5.41) is 5.52. The predicted molar refractivity (Wildman–Crippen MR) is 96.5 cm³/mol. The lowest BCUT2D eigenvalue weighted by molar-refractivity contribution is -0.133. The van der Waals surface area contributed by atoms with E-state index in [9.17, 15) is 14.4 Å². The van der Waals surface area contributed by atoms with Crippen molar-refractivity contribution in [3.05, 3.63) is 29.8 Å². The first kappa shape index (κ1) is 19.7. The van der Waals surface area contributed by atoms with Gasteiger partial charge in [0.25, 0.3) is 5.91 Å². The van der Waals surface area contributed by atoms with Gasteiger partial charge in [-0.3, -0.25) is 14.5 Å². The van der Waals surface area contributed by atoms with Crippen molar-refractivity contribution in [3.8, 4) is 5.75 Å². The Labute approximate surface area is 153 Å². The van der Waals surface area contributed by atoms with E-state index in [-0.39, 0.29) is 31.1 Å². The normalized spacial score (nSPS) is 19.9. The molecule has 1 aromatic carbocycles. The molecule has 0 aliphatic carbocycles. The molecule has 1 aliphatic heterocycles. The molecule has 1 atom stereocenters. The summed E-state index contributed by atoms with van der Waals surface area (Å²) in [5.74, 6) is 0.0729. The average molecular weight is 362 g/mol. The molecule has 0 bridgehead atoms. The highest BCUT2D eigenvalue weighted by Gasteiger charge is 2.49. The third-order valence-electron chi connectivity index (χ3n) is 4.17. The maximum Gasteiger partial charge on any atom is 0.326 e. The Morgan fingerprint density at radius 1 is 1.38 bits per heavy atom. The van der Waals surface area contributed by atoms with Crippen molar-refractivity contribution < 1.29 is 19.1 Å². The summed E-state index contributed by atoms with van der Waals surface area (Å²) < 4.78 is 5.20. The van der Waals surface area contributed by atoms with Gasteiger partial charge in [0.1, 0.15) is 11.3 Å². The van der Waals surface area contributed by atoms with Gasteiger partial charge < -0.3 is 15.4 Å². The number of hydrogen-bond donors (Lipinski definition) is 2. The summed E-state index contributed by atoms with van der Waals surface area (Å²) in [5.41, 5.74) is -0.537. The number of carbonyl (C=O) groups is 3. The summed E-state index contributed by atoms with van der Waals surface area (Å²) in [6.45, 7) is 5.51. The maximum absolute atomic E-state index is 12.9. The molecule has 1 aliphatic rings. The van der Waals surface area contributed by atoms with Gasteiger partial charge >= 0.3 is 6.03 Å². The van der Waals surface area contributed by atoms with Crippen molar-refractivity contribution in [2.75, 3.05) is 27.4 Å². The van der Waals surface area contributed by atoms with E-state index in [4.69, 9.17) is 4.74 Å². The second-order valence-corrected chi connectivity index (χ2v) is 6.90. The largest absolute Gasteiger partial charge is 0.497 e. The van der Waals surface area contributed by atoms with Crippen LogP contribution in [-0.2, 0) is 15.1 Å². The first-order chi connectivity index (χ1) is 12.2. The summed E-state index contributed by atoms with van der Waals surface area (Å²) in [7, 11) is 3.22. The van der Waals surface area contributed by atoms with Crippen molar-refractivity contribution in [2.24, 2.45) is 0 Å². The number of likely N-dealkylation sites (N-methyl/N-ethyl adjacent to an activating group) is 1. The zero-order valence-electron chi connectivity index (χ0n) is 15.8. The fraction of sp³-hybridized carbons (Fsp3) is 0.500. The highest BCUT2D eigenvalue weighted by molar-refractivity contribution is 6.07. The number of methoxy groups -OCH3 is 1. The SMILES string of the molecule is COc1cccc([C@]2(C)NC(=O)N(CN(C)CC(=O)NC(C)C)C2=O)c1. The van der Waals surface area contributed by atoms with Crippen LogP contribution in [-0.4, -0.2) is 61.1 Å². The Balaban J connectivity index is 2.11. The minimum Gasteiger partial charge on any atom is -0.497 e. The standard InChI is InChI=1S/C18H26N4O4/c1-12(2)19-15(23)10-21(4)11-22-16(24)18(3,20-17(22)25)13-7-6-8-14(9-13)26-5/h6-9,12H,10-11H2,1-5H3,(H,19,23)(H,20,25)/t18-/m0/s1. The highest BCUT2D eigenvalue weighted by atomic mass is 16.5. The van der Waals surface area contributed by atoms with E-state index in [1.165, 1.54) is 0 Å². The quantitative estimate of drug-likeness (QED) is 0.703. The van der Waals surface area contributed by atoms with E-state index in [0.29, 0.717) is 11.3 Å². The van der Waals surface area contributed by atoms with Crippen LogP contribution in [0.25, 0.3) is 0 Å². The molecule has 2 N–H and O–H groups in total. The molecular weight excluding hydrogens is 336 g/mol. The molecule has 0 aromatic heterocycles. The minimum absolute atomic E-state index is 0.0236. The Morgan fingerprint density at radius 2 is 2.08 bits per heavy atom. The lowest BCUT2D eigenvalue weighted by Gasteiger charge is -2.25. The zero-order valence-corrected chi connectivity index (χ0v) is 15.8. The fourth-order valence-corrected chi connectivity index (χ4v) is 2.86. The third-order valence-corrected chi connectivity index (χ3v) is 4.17. The van der Waals surface area contributed by atoms with Gasteiger partial charge in [0.15, 0.2) is 0 Å². The Kier molecular flexibility index (Phi) is 5.86. The molecule has 1 fully saturated rings. The molecule has 8 heteroatoms. The molecule has 8 nitrogen and oxygen atoms in total. The van der Waals surface area contributed by atoms with Gasteiger partial charge in [0.05, 0.1) is 20.3 Å². The number of hydrogen-bond acceptors (Lipinski definition) is 5. The topological polar surface area (TPSA) is 91.0 Å². The lowest BCUT2D eigenvalue weighted by Crippen LogP contribution is -2.46. The number of imide groups is 1. The molecule has 1 aromatic rings. The van der Waals surface area contributed by atoms with Crippen LogP contribution >= 0.6 is 0 Å². The highest BCUT2D eigenvalue weighted by Crippen LogP contribution is 2.30. The number of amides is 4. The van der Waals surface area contributed by atoms with Crippen LogP contribution in [0.2, 0.25) is 0 Å². The Bertz CT molecular complexity index is 706. The molecule has 2 rings (SSSR count). The van der Waals surface area contributed by atoms with E-state index in [0.717, 1.165) is 4.90 Å². The van der Waals surface area contributed by atoms with Crippen LogP contribution in [0.1, 0.15) is 26.3 Å². The van der Waals surface area contributed by atoms with E-state index in [1.54, 1.807) is 50.2 Å². The molecule has 26 heavy (non-hydrogen) atoms. The second-order valence-electron chi connectivity index (χ2n) is 6.90. The van der Waals surface area contributed by atoms with E-state index in [1.807, 2.05) is 13.8 Å². The van der Waals surface area contributed by atoms with Gasteiger partial charge in [-0.1, -0.05) is 12.1 Å². The van der Waals surface area contributed by atoms with Gasteiger partial charge in [-0.25, -0.2) is 9.69 Å². The van der Waals surface area contributed by atoms with Crippen LogP contribution < -0.4 is 15.4 Å². The zero-order chi connectivity index (χ0) is 19.5. The predicted octanol–water partition coefficient (Wildman–Crippen LogP) is 0.876. The second kappa shape index (κ2) is 7.74. The molecule has 0 radical (unpaired) electrons. The lowest BCUT2D eigenvalue weighted by atomic mass is 9.92. The molecule has 4 amide bonds. The summed E-state index contributed by atoms with van der Waals surface area (Å²) in [6, 6.07) is 6.57. The average Bonchev–Trinajstić information content (AvgIpc) is 2.78. The first-order valence-corrected chi connectivity index (χ1v) is 8.44. The van der Waals surface area contributed by atoms with Crippen molar-refractivity contribution in [1.29, 1.82) is 0 Å². The third kappa shape index (κ3) is 4.13. The van der Waals surface area contributed by atoms with Crippen LogP contribution in [0.3, 0.4) is 0 Å². The van der Waals surface area contributed by atoms with Gasteiger partial charge in [-0.05, 0) is 45.5 Å². The number of urea groups is 1. The van der Waals surface area contributed by atoms with E-state index in [2.05, 4.69) is 10.6 Å². The number of ether oxygens (including phenoxy) is 1. The van der Waals surface area contributed by atoms with Crippen LogP contribution in [0.4, 0.5) is 4.79 Å². The maximum atomic E-state index is 12.9. The molecule has 0 saturated carbocycles. The van der Waals surface area contributed by atoms with Crippen LogP contribution in [0.15, 0.2) is 24.3 Å². The molecule has 0 unspecified atom stereocenters. The summed E-state index contributed by atoms with van der Waals surface area (Å²) in [6.07, 6.45) is 0. The first-order valence-electron chi connectivity index (χ1n) is 8.44. The van der Waals surface area contributed by atoms with Crippen molar-refractivity contribution in [3.63, 3.8) is 0 Å². The van der Waals surface area contributed by atoms with Gasteiger partial charge in [0, 0.05) is 6.04 Å². The number of nitrogens with one attached hydrogen (secondary N) is 2. The molecular formula is C18H26N4O4. The number of nitrogens with zero attached hydrogens (tertiary/aromatic N) is 2. The summed E-state index contributed by atoms with van der Waals surface area (Å²) >= 11 is 0.